The predicted molar refractivity (Wildman–Crippen MR) is 114 cm³/mol. The molecular weight excluding hydrogens is 426 g/mol. The molecule has 4 rings (SSSR count). The van der Waals surface area contributed by atoms with Gasteiger partial charge in [-0.1, -0.05) is 11.6 Å². The first-order chi connectivity index (χ1) is 14.8. The molecule has 1 N–H and O–H groups in total. The molecule has 0 unspecified atom stereocenters. The van der Waals surface area contributed by atoms with Crippen LogP contribution in [0.15, 0.2) is 36.4 Å². The van der Waals surface area contributed by atoms with E-state index in [1.807, 2.05) is 12.1 Å². The van der Waals surface area contributed by atoms with Gasteiger partial charge in [0.15, 0.2) is 5.78 Å². The summed E-state index contributed by atoms with van der Waals surface area (Å²) < 4.78 is 32.1. The van der Waals surface area contributed by atoms with Crippen LogP contribution in [-0.2, 0) is 10.2 Å². The molecule has 0 atom stereocenters. The molecule has 1 amide bonds. The molecule has 2 heterocycles. The topological polar surface area (TPSA) is 58.6 Å². The molecule has 2 aliphatic heterocycles. The fraction of sp³-hybridized carbons (Fsp3) is 0.391. The lowest BCUT2D eigenvalue weighted by molar-refractivity contribution is -0.122. The van der Waals surface area contributed by atoms with E-state index in [4.69, 9.17) is 16.3 Å². The number of fused-ring (bicyclic) bond motifs is 2. The highest BCUT2D eigenvalue weighted by atomic mass is 35.5. The molecule has 5 nitrogen and oxygen atoms in total. The molecular formula is C23H23ClF2N2O3. The Morgan fingerprint density at radius 2 is 1.97 bits per heavy atom. The van der Waals surface area contributed by atoms with Crippen LogP contribution in [0, 0.1) is 0 Å². The number of benzene rings is 2. The number of halogens is 3. The highest BCUT2D eigenvalue weighted by Crippen LogP contribution is 2.45. The predicted octanol–water partition coefficient (Wildman–Crippen LogP) is 4.84. The molecule has 1 spiro atoms. The number of amides is 1. The average molecular weight is 449 g/mol. The Morgan fingerprint density at radius 3 is 2.65 bits per heavy atom. The molecule has 0 aliphatic carbocycles. The first-order valence-corrected chi connectivity index (χ1v) is 10.6. The Morgan fingerprint density at radius 1 is 1.23 bits per heavy atom. The van der Waals surface area contributed by atoms with Gasteiger partial charge in [0, 0.05) is 28.4 Å². The van der Waals surface area contributed by atoms with Gasteiger partial charge in [0.1, 0.15) is 12.4 Å². The van der Waals surface area contributed by atoms with E-state index in [0.717, 1.165) is 11.3 Å². The summed E-state index contributed by atoms with van der Waals surface area (Å²) in [6, 6.07) is 9.64. The number of carbonyl (C=O) groups excluding carboxylic acids is 2. The quantitative estimate of drug-likeness (QED) is 0.642. The highest BCUT2D eigenvalue weighted by Gasteiger charge is 2.48. The fourth-order valence-electron chi connectivity index (χ4n) is 4.46. The van der Waals surface area contributed by atoms with Crippen LogP contribution in [0.4, 0.5) is 14.5 Å². The number of rotatable bonds is 6. The van der Waals surface area contributed by atoms with Crippen LogP contribution in [0.2, 0.25) is 5.02 Å². The van der Waals surface area contributed by atoms with Gasteiger partial charge in [-0.3, -0.25) is 14.5 Å². The van der Waals surface area contributed by atoms with E-state index >= 15 is 0 Å². The van der Waals surface area contributed by atoms with Gasteiger partial charge in [0.2, 0.25) is 5.91 Å². The summed E-state index contributed by atoms with van der Waals surface area (Å²) >= 11 is 6.15. The maximum absolute atomic E-state index is 13.2. The Kier molecular flexibility index (Phi) is 5.99. The molecule has 2 aromatic carbocycles. The summed E-state index contributed by atoms with van der Waals surface area (Å²) in [7, 11) is 0. The van der Waals surface area contributed by atoms with Gasteiger partial charge in [-0.05, 0) is 74.8 Å². The number of hydrogen-bond donors (Lipinski definition) is 1. The molecule has 0 bridgehead atoms. The second-order valence-electron chi connectivity index (χ2n) is 8.02. The number of ketones is 1. The van der Waals surface area contributed by atoms with E-state index < -0.39 is 17.6 Å². The van der Waals surface area contributed by atoms with Crippen LogP contribution in [0.1, 0.15) is 47.7 Å². The SMILES string of the molecule is CC(=O)c1ccc(OCCN2CCC3(CC2)C(=O)Nc2ccc(Cl)cc23)cc1C(F)F. The second-order valence-corrected chi connectivity index (χ2v) is 8.46. The second kappa shape index (κ2) is 8.55. The molecule has 2 aliphatic rings. The van der Waals surface area contributed by atoms with Crippen LogP contribution in [0.3, 0.4) is 0 Å². The van der Waals surface area contributed by atoms with Gasteiger partial charge < -0.3 is 10.1 Å². The van der Waals surface area contributed by atoms with Gasteiger partial charge >= 0.3 is 0 Å². The summed E-state index contributed by atoms with van der Waals surface area (Å²) in [4.78, 5) is 26.4. The van der Waals surface area contributed by atoms with Gasteiger partial charge in [0.05, 0.1) is 5.41 Å². The Labute approximate surface area is 184 Å². The van der Waals surface area contributed by atoms with E-state index in [1.165, 1.54) is 25.1 Å². The summed E-state index contributed by atoms with van der Waals surface area (Å²) in [5.41, 5.74) is 0.945. The number of hydrogen-bond acceptors (Lipinski definition) is 4. The summed E-state index contributed by atoms with van der Waals surface area (Å²) in [6.07, 6.45) is -1.39. The molecule has 0 saturated carbocycles. The zero-order valence-electron chi connectivity index (χ0n) is 17.1. The van der Waals surface area contributed by atoms with E-state index in [2.05, 4.69) is 10.2 Å². The number of carbonyl (C=O) groups is 2. The van der Waals surface area contributed by atoms with Crippen molar-refractivity contribution in [1.82, 2.24) is 4.90 Å². The maximum Gasteiger partial charge on any atom is 0.264 e. The third-order valence-electron chi connectivity index (χ3n) is 6.20. The van der Waals surface area contributed by atoms with Crippen molar-refractivity contribution in [2.75, 3.05) is 31.6 Å². The fourth-order valence-corrected chi connectivity index (χ4v) is 4.64. The lowest BCUT2D eigenvalue weighted by Gasteiger charge is -2.38. The largest absolute Gasteiger partial charge is 0.492 e. The summed E-state index contributed by atoms with van der Waals surface area (Å²) in [5, 5.41) is 3.58. The molecule has 31 heavy (non-hydrogen) atoms. The zero-order valence-corrected chi connectivity index (χ0v) is 17.8. The number of piperidine rings is 1. The number of anilines is 1. The van der Waals surface area contributed by atoms with E-state index in [1.54, 1.807) is 6.07 Å². The average Bonchev–Trinajstić information content (AvgIpc) is 3.00. The summed E-state index contributed by atoms with van der Waals surface area (Å²) in [5.74, 6) is -0.0683. The first kappa shape index (κ1) is 21.7. The van der Waals surface area contributed by atoms with Crippen molar-refractivity contribution in [2.24, 2.45) is 0 Å². The van der Waals surface area contributed by atoms with Crippen molar-refractivity contribution < 1.29 is 23.1 Å². The van der Waals surface area contributed by atoms with Crippen LogP contribution >= 0.6 is 11.6 Å². The molecule has 0 aromatic heterocycles. The van der Waals surface area contributed by atoms with Crippen LogP contribution in [0.5, 0.6) is 5.75 Å². The van der Waals surface area contributed by atoms with Crippen molar-refractivity contribution in [3.63, 3.8) is 0 Å². The van der Waals surface area contributed by atoms with Crippen molar-refractivity contribution in [3.05, 3.63) is 58.1 Å². The van der Waals surface area contributed by atoms with Gasteiger partial charge in [-0.25, -0.2) is 8.78 Å². The van der Waals surface area contributed by atoms with E-state index in [0.29, 0.717) is 49.9 Å². The van der Waals surface area contributed by atoms with Crippen LogP contribution in [0.25, 0.3) is 0 Å². The number of nitrogens with zero attached hydrogens (tertiary/aromatic N) is 1. The first-order valence-electron chi connectivity index (χ1n) is 10.2. The molecule has 0 radical (unpaired) electrons. The molecule has 1 fully saturated rings. The maximum atomic E-state index is 13.2. The number of ether oxygens (including phenoxy) is 1. The zero-order chi connectivity index (χ0) is 22.2. The van der Waals surface area contributed by atoms with Crippen molar-refractivity contribution >= 4 is 29.0 Å². The minimum Gasteiger partial charge on any atom is -0.492 e. The molecule has 1 saturated heterocycles. The van der Waals surface area contributed by atoms with Crippen molar-refractivity contribution in [1.29, 1.82) is 0 Å². The minimum absolute atomic E-state index is 0.0129. The van der Waals surface area contributed by atoms with Crippen LogP contribution < -0.4 is 10.1 Å². The van der Waals surface area contributed by atoms with Gasteiger partial charge in [-0.15, -0.1) is 0 Å². The van der Waals surface area contributed by atoms with Crippen LogP contribution in [-0.4, -0.2) is 42.8 Å². The van der Waals surface area contributed by atoms with Crippen molar-refractivity contribution in [3.8, 4) is 5.75 Å². The van der Waals surface area contributed by atoms with Gasteiger partial charge in [0.25, 0.3) is 6.43 Å². The molecule has 8 heteroatoms. The number of nitrogens with one attached hydrogen (secondary N) is 1. The van der Waals surface area contributed by atoms with E-state index in [-0.39, 0.29) is 17.0 Å². The van der Waals surface area contributed by atoms with Crippen molar-refractivity contribution in [2.45, 2.75) is 31.6 Å². The monoisotopic (exact) mass is 448 g/mol. The Balaban J connectivity index is 1.35. The third kappa shape index (κ3) is 4.16. The third-order valence-corrected chi connectivity index (χ3v) is 6.44. The Hall–Kier alpha value is -2.51. The number of likely N-dealkylation sites (tertiary alicyclic amines) is 1. The normalized spacial score (nSPS) is 17.6. The lowest BCUT2D eigenvalue weighted by atomic mass is 9.73. The lowest BCUT2D eigenvalue weighted by Crippen LogP contribution is -2.47. The number of alkyl halides is 2. The van der Waals surface area contributed by atoms with Gasteiger partial charge in [-0.2, -0.15) is 0 Å². The molecule has 164 valence electrons. The summed E-state index contributed by atoms with van der Waals surface area (Å²) in [6.45, 7) is 3.63. The standard InChI is InChI=1S/C23H23ClF2N2O3/c1-14(29)17-4-3-16(13-18(17)21(25)26)31-11-10-28-8-6-23(7-9-28)19-12-15(24)2-5-20(19)27-22(23)30/h2-5,12-13,21H,6-11H2,1H3,(H,27,30). The smallest absolute Gasteiger partial charge is 0.264 e. The number of Topliss-reactive ketones (excluding diaryl/α,β-unsaturated/α-hetero) is 1. The van der Waals surface area contributed by atoms with E-state index in [9.17, 15) is 18.4 Å². The minimum atomic E-state index is -2.74. The Bertz CT molecular complexity index is 1020. The molecule has 2 aromatic rings. The highest BCUT2D eigenvalue weighted by molar-refractivity contribution is 6.31.